The standard InChI is InChI=1S/C14H18ClNO3/c1-19-7-6-16-9-11(8-13(16)17)14(18)10-2-4-12(15)5-3-10/h2-5,11,14,18H,6-9H2,1H3. The molecule has 1 aliphatic heterocycles. The number of benzene rings is 1. The number of rotatable bonds is 5. The van der Waals surface area contributed by atoms with E-state index in [0.29, 0.717) is 31.1 Å². The van der Waals surface area contributed by atoms with Crippen LogP contribution < -0.4 is 0 Å². The van der Waals surface area contributed by atoms with Gasteiger partial charge in [0.05, 0.1) is 12.7 Å². The number of aliphatic hydroxyl groups excluding tert-OH is 1. The van der Waals surface area contributed by atoms with Crippen molar-refractivity contribution in [3.63, 3.8) is 0 Å². The third-order valence-electron chi connectivity index (χ3n) is 3.47. The fourth-order valence-corrected chi connectivity index (χ4v) is 2.49. The van der Waals surface area contributed by atoms with Crippen LogP contribution >= 0.6 is 11.6 Å². The van der Waals surface area contributed by atoms with Crippen LogP contribution in [0.5, 0.6) is 0 Å². The molecule has 0 aliphatic carbocycles. The molecule has 0 radical (unpaired) electrons. The first-order valence-electron chi connectivity index (χ1n) is 6.32. The Kier molecular flexibility index (Phi) is 4.80. The highest BCUT2D eigenvalue weighted by atomic mass is 35.5. The van der Waals surface area contributed by atoms with E-state index < -0.39 is 6.10 Å². The van der Waals surface area contributed by atoms with E-state index in [0.717, 1.165) is 5.56 Å². The molecule has 5 heteroatoms. The summed E-state index contributed by atoms with van der Waals surface area (Å²) in [6.45, 7) is 1.68. The number of likely N-dealkylation sites (tertiary alicyclic amines) is 1. The van der Waals surface area contributed by atoms with Gasteiger partial charge in [-0.05, 0) is 17.7 Å². The van der Waals surface area contributed by atoms with Crippen LogP contribution in [0.2, 0.25) is 5.02 Å². The average molecular weight is 284 g/mol. The zero-order valence-electron chi connectivity index (χ0n) is 10.9. The van der Waals surface area contributed by atoms with Gasteiger partial charge in [0.25, 0.3) is 0 Å². The predicted molar refractivity (Wildman–Crippen MR) is 73.0 cm³/mol. The lowest BCUT2D eigenvalue weighted by molar-refractivity contribution is -0.128. The lowest BCUT2D eigenvalue weighted by Gasteiger charge is -2.19. The number of aliphatic hydroxyl groups is 1. The molecule has 1 saturated heterocycles. The Labute approximate surface area is 117 Å². The highest BCUT2D eigenvalue weighted by Gasteiger charge is 2.34. The Morgan fingerprint density at radius 2 is 2.16 bits per heavy atom. The first kappa shape index (κ1) is 14.3. The summed E-state index contributed by atoms with van der Waals surface area (Å²) < 4.78 is 4.97. The molecule has 19 heavy (non-hydrogen) atoms. The van der Waals surface area contributed by atoms with Crippen LogP contribution in [0.3, 0.4) is 0 Å². The maximum Gasteiger partial charge on any atom is 0.223 e. The minimum absolute atomic E-state index is 0.0643. The van der Waals surface area contributed by atoms with Crippen molar-refractivity contribution in [1.29, 1.82) is 0 Å². The van der Waals surface area contributed by atoms with E-state index >= 15 is 0 Å². The number of carbonyl (C=O) groups excluding carboxylic acids is 1. The van der Waals surface area contributed by atoms with E-state index in [1.54, 1.807) is 36.3 Å². The molecule has 0 aromatic heterocycles. The Bertz CT molecular complexity index is 435. The van der Waals surface area contributed by atoms with E-state index in [1.165, 1.54) is 0 Å². The smallest absolute Gasteiger partial charge is 0.223 e. The van der Waals surface area contributed by atoms with Crippen molar-refractivity contribution in [2.75, 3.05) is 26.8 Å². The van der Waals surface area contributed by atoms with Crippen LogP contribution in [-0.2, 0) is 9.53 Å². The van der Waals surface area contributed by atoms with Gasteiger partial charge in [0.15, 0.2) is 0 Å². The van der Waals surface area contributed by atoms with Crippen molar-refractivity contribution in [3.05, 3.63) is 34.9 Å². The van der Waals surface area contributed by atoms with Crippen molar-refractivity contribution in [2.45, 2.75) is 12.5 Å². The minimum atomic E-state index is -0.631. The molecule has 1 heterocycles. The van der Waals surface area contributed by atoms with Crippen molar-refractivity contribution < 1.29 is 14.6 Å². The number of hydrogen-bond donors (Lipinski definition) is 1. The van der Waals surface area contributed by atoms with E-state index in [4.69, 9.17) is 16.3 Å². The summed E-state index contributed by atoms with van der Waals surface area (Å²) in [7, 11) is 1.61. The number of amides is 1. The molecule has 0 spiro atoms. The molecular weight excluding hydrogens is 266 g/mol. The predicted octanol–water partition coefficient (Wildman–Crippen LogP) is 1.87. The first-order chi connectivity index (χ1) is 9.11. The third-order valence-corrected chi connectivity index (χ3v) is 3.72. The molecule has 2 unspecified atom stereocenters. The van der Waals surface area contributed by atoms with Crippen molar-refractivity contribution in [3.8, 4) is 0 Å². The van der Waals surface area contributed by atoms with Crippen molar-refractivity contribution in [2.24, 2.45) is 5.92 Å². The second-order valence-electron chi connectivity index (χ2n) is 4.79. The van der Waals surface area contributed by atoms with Gasteiger partial charge in [0.1, 0.15) is 0 Å². The Balaban J connectivity index is 1.99. The molecule has 1 aromatic rings. The molecule has 1 N–H and O–H groups in total. The van der Waals surface area contributed by atoms with Gasteiger partial charge in [0.2, 0.25) is 5.91 Å². The summed E-state index contributed by atoms with van der Waals surface area (Å²) >= 11 is 5.82. The van der Waals surface area contributed by atoms with Crippen molar-refractivity contribution >= 4 is 17.5 Å². The molecule has 2 rings (SSSR count). The summed E-state index contributed by atoms with van der Waals surface area (Å²) in [6.07, 6.45) is -0.248. The normalized spacial score (nSPS) is 20.9. The molecule has 1 aromatic carbocycles. The van der Waals surface area contributed by atoms with Gasteiger partial charge in [-0.3, -0.25) is 4.79 Å². The van der Waals surface area contributed by atoms with Crippen LogP contribution in [0.1, 0.15) is 18.1 Å². The summed E-state index contributed by atoms with van der Waals surface area (Å²) in [5.41, 5.74) is 0.802. The Morgan fingerprint density at radius 3 is 2.79 bits per heavy atom. The lowest BCUT2D eigenvalue weighted by atomic mass is 9.95. The fraction of sp³-hybridized carbons (Fsp3) is 0.500. The number of methoxy groups -OCH3 is 1. The van der Waals surface area contributed by atoms with Gasteiger partial charge < -0.3 is 14.7 Å². The topological polar surface area (TPSA) is 49.8 Å². The SMILES string of the molecule is COCCN1CC(C(O)c2ccc(Cl)cc2)CC1=O. The summed E-state index contributed by atoms with van der Waals surface area (Å²) in [6, 6.07) is 7.10. The number of halogens is 1. The number of carbonyl (C=O) groups is 1. The molecule has 0 bridgehead atoms. The van der Waals surface area contributed by atoms with Gasteiger partial charge >= 0.3 is 0 Å². The van der Waals surface area contributed by atoms with Gasteiger partial charge in [-0.2, -0.15) is 0 Å². The minimum Gasteiger partial charge on any atom is -0.388 e. The Morgan fingerprint density at radius 1 is 1.47 bits per heavy atom. The fourth-order valence-electron chi connectivity index (χ4n) is 2.36. The van der Waals surface area contributed by atoms with Crippen LogP contribution in [0, 0.1) is 5.92 Å². The zero-order valence-corrected chi connectivity index (χ0v) is 11.6. The summed E-state index contributed by atoms with van der Waals surface area (Å²) in [5.74, 6) is 0.0144. The molecule has 4 nitrogen and oxygen atoms in total. The second kappa shape index (κ2) is 6.37. The van der Waals surface area contributed by atoms with Gasteiger partial charge in [-0.15, -0.1) is 0 Å². The first-order valence-corrected chi connectivity index (χ1v) is 6.70. The summed E-state index contributed by atoms with van der Waals surface area (Å²) in [5, 5.41) is 11.0. The maximum atomic E-state index is 11.8. The maximum absolute atomic E-state index is 11.8. The zero-order chi connectivity index (χ0) is 13.8. The third kappa shape index (κ3) is 3.47. The van der Waals surface area contributed by atoms with Gasteiger partial charge in [0, 0.05) is 37.6 Å². The molecule has 1 aliphatic rings. The van der Waals surface area contributed by atoms with Gasteiger partial charge in [-0.25, -0.2) is 0 Å². The Hall–Kier alpha value is -1.10. The largest absolute Gasteiger partial charge is 0.388 e. The average Bonchev–Trinajstić information content (AvgIpc) is 2.78. The van der Waals surface area contributed by atoms with Crippen LogP contribution in [0.25, 0.3) is 0 Å². The highest BCUT2D eigenvalue weighted by molar-refractivity contribution is 6.30. The second-order valence-corrected chi connectivity index (χ2v) is 5.23. The van der Waals surface area contributed by atoms with E-state index in [-0.39, 0.29) is 11.8 Å². The van der Waals surface area contributed by atoms with E-state index in [1.807, 2.05) is 0 Å². The van der Waals surface area contributed by atoms with E-state index in [2.05, 4.69) is 0 Å². The molecule has 1 fully saturated rings. The van der Waals surface area contributed by atoms with E-state index in [9.17, 15) is 9.90 Å². The van der Waals surface area contributed by atoms with Crippen LogP contribution in [-0.4, -0.2) is 42.7 Å². The highest BCUT2D eigenvalue weighted by Crippen LogP contribution is 2.31. The molecule has 0 saturated carbocycles. The van der Waals surface area contributed by atoms with Crippen LogP contribution in [0.4, 0.5) is 0 Å². The molecule has 2 atom stereocenters. The number of nitrogens with zero attached hydrogens (tertiary/aromatic N) is 1. The van der Waals surface area contributed by atoms with Crippen molar-refractivity contribution in [1.82, 2.24) is 4.90 Å². The number of hydrogen-bond acceptors (Lipinski definition) is 3. The van der Waals surface area contributed by atoms with Crippen LogP contribution in [0.15, 0.2) is 24.3 Å². The summed E-state index contributed by atoms with van der Waals surface area (Å²) in [4.78, 5) is 13.6. The van der Waals surface area contributed by atoms with Gasteiger partial charge in [-0.1, -0.05) is 23.7 Å². The monoisotopic (exact) mass is 283 g/mol. The molecule has 104 valence electrons. The molecular formula is C14H18ClNO3. The molecule has 1 amide bonds. The number of ether oxygens (including phenoxy) is 1. The quantitative estimate of drug-likeness (QED) is 0.897. The lowest BCUT2D eigenvalue weighted by Crippen LogP contribution is -2.29.